The normalized spacial score (nSPS) is 12.5. The van der Waals surface area contributed by atoms with E-state index in [2.05, 4.69) is 15.5 Å². The second-order valence-corrected chi connectivity index (χ2v) is 5.74. The molecule has 0 radical (unpaired) electrons. The van der Waals surface area contributed by atoms with E-state index >= 15 is 0 Å². The zero-order valence-electron chi connectivity index (χ0n) is 11.6. The number of carbonyl (C=O) groups excluding carboxylic acids is 1. The van der Waals surface area contributed by atoms with E-state index in [1.165, 1.54) is 11.3 Å². The van der Waals surface area contributed by atoms with E-state index in [0.29, 0.717) is 21.2 Å². The van der Waals surface area contributed by atoms with Crippen LogP contribution in [-0.4, -0.2) is 16.1 Å². The van der Waals surface area contributed by atoms with Crippen molar-refractivity contribution in [3.8, 4) is 0 Å². The topological polar surface area (TPSA) is 94.0 Å². The molecule has 1 atom stereocenters. The van der Waals surface area contributed by atoms with Gasteiger partial charge in [-0.05, 0) is 32.0 Å². The number of nitrogens with zero attached hydrogens (tertiary/aromatic N) is 2. The van der Waals surface area contributed by atoms with Crippen LogP contribution in [0.5, 0.6) is 0 Å². The monoisotopic (exact) mass is 302 g/mol. The number of nitrogens with one attached hydrogen (secondary N) is 1. The Morgan fingerprint density at radius 2 is 2.24 bits per heavy atom. The molecule has 0 saturated heterocycles. The molecule has 0 bridgehead atoms. The summed E-state index contributed by atoms with van der Waals surface area (Å²) in [6.45, 7) is 3.72. The molecule has 3 aromatic heterocycles. The summed E-state index contributed by atoms with van der Waals surface area (Å²) in [5, 5.41) is 11.4. The molecule has 1 unspecified atom stereocenters. The highest BCUT2D eigenvalue weighted by atomic mass is 32.1. The van der Waals surface area contributed by atoms with Crippen LogP contribution in [-0.2, 0) is 0 Å². The van der Waals surface area contributed by atoms with E-state index < -0.39 is 0 Å². The Kier molecular flexibility index (Phi) is 3.34. The Morgan fingerprint density at radius 1 is 1.43 bits per heavy atom. The fourth-order valence-electron chi connectivity index (χ4n) is 2.06. The van der Waals surface area contributed by atoms with E-state index in [1.807, 2.05) is 26.0 Å². The van der Waals surface area contributed by atoms with Crippen LogP contribution in [0.4, 0.5) is 5.69 Å². The molecule has 3 N–H and O–H groups in total. The fourth-order valence-corrected chi connectivity index (χ4v) is 3.00. The lowest BCUT2D eigenvalue weighted by Crippen LogP contribution is -2.26. The Labute approximate surface area is 125 Å². The lowest BCUT2D eigenvalue weighted by molar-refractivity contribution is 0.0940. The first-order valence-corrected chi connectivity index (χ1v) is 7.24. The molecular weight excluding hydrogens is 288 g/mol. The standard InChI is InChI=1S/C14H14N4O2S/c1-7-3-4-10(20-7)8(2)17-13(19)12-11(15)9-5-6-16-18-14(9)21-12/h3-6,8H,15H2,1-2H3,(H,17,19). The van der Waals surface area contributed by atoms with E-state index in [-0.39, 0.29) is 11.9 Å². The van der Waals surface area contributed by atoms with Crippen LogP contribution >= 0.6 is 11.3 Å². The van der Waals surface area contributed by atoms with Crippen LogP contribution < -0.4 is 11.1 Å². The molecule has 3 heterocycles. The number of nitrogen functional groups attached to an aromatic ring is 1. The highest BCUT2D eigenvalue weighted by molar-refractivity contribution is 7.21. The van der Waals surface area contributed by atoms with Crippen molar-refractivity contribution in [1.82, 2.24) is 15.5 Å². The molecule has 7 heteroatoms. The summed E-state index contributed by atoms with van der Waals surface area (Å²) in [5.41, 5.74) is 6.45. The van der Waals surface area contributed by atoms with Crippen LogP contribution in [0.3, 0.4) is 0 Å². The maximum atomic E-state index is 12.4. The molecular formula is C14H14N4O2S. The molecule has 0 spiro atoms. The average Bonchev–Trinajstić information content (AvgIpc) is 3.04. The number of furan rings is 1. The van der Waals surface area contributed by atoms with Gasteiger partial charge in [0.15, 0.2) is 0 Å². The molecule has 6 nitrogen and oxygen atoms in total. The Balaban J connectivity index is 1.85. The first-order chi connectivity index (χ1) is 10.1. The number of nitrogens with two attached hydrogens (primary N) is 1. The molecule has 0 fully saturated rings. The Hall–Kier alpha value is -2.41. The van der Waals surface area contributed by atoms with Crippen molar-refractivity contribution < 1.29 is 9.21 Å². The zero-order valence-corrected chi connectivity index (χ0v) is 12.4. The number of anilines is 1. The Morgan fingerprint density at radius 3 is 2.90 bits per heavy atom. The van der Waals surface area contributed by atoms with Gasteiger partial charge < -0.3 is 15.5 Å². The summed E-state index contributed by atoms with van der Waals surface area (Å²) in [6, 6.07) is 5.23. The molecule has 0 aliphatic carbocycles. The van der Waals surface area contributed by atoms with E-state index in [0.717, 1.165) is 11.1 Å². The molecule has 3 aromatic rings. The summed E-state index contributed by atoms with van der Waals surface area (Å²) in [7, 11) is 0. The predicted octanol–water partition coefficient (Wildman–Crippen LogP) is 2.67. The van der Waals surface area contributed by atoms with Crippen LogP contribution in [0.2, 0.25) is 0 Å². The summed E-state index contributed by atoms with van der Waals surface area (Å²) in [5.74, 6) is 1.28. The van der Waals surface area contributed by atoms with Gasteiger partial charge in [-0.2, -0.15) is 5.10 Å². The summed E-state index contributed by atoms with van der Waals surface area (Å²) < 4.78 is 5.51. The maximum Gasteiger partial charge on any atom is 0.264 e. The highest BCUT2D eigenvalue weighted by Gasteiger charge is 2.20. The zero-order chi connectivity index (χ0) is 15.0. The van der Waals surface area contributed by atoms with Crippen LogP contribution in [0.25, 0.3) is 10.2 Å². The molecule has 0 aromatic carbocycles. The quantitative estimate of drug-likeness (QED) is 0.775. The number of aryl methyl sites for hydroxylation is 1. The molecule has 0 aliphatic heterocycles. The van der Waals surface area contributed by atoms with Crippen molar-refractivity contribution in [3.63, 3.8) is 0 Å². The van der Waals surface area contributed by atoms with Crippen LogP contribution in [0.1, 0.15) is 34.2 Å². The minimum absolute atomic E-state index is 0.234. The van der Waals surface area contributed by atoms with E-state index in [9.17, 15) is 4.79 Å². The summed E-state index contributed by atoms with van der Waals surface area (Å²) >= 11 is 1.23. The maximum absolute atomic E-state index is 12.4. The minimum Gasteiger partial charge on any atom is -0.464 e. The molecule has 108 valence electrons. The number of fused-ring (bicyclic) bond motifs is 1. The fraction of sp³-hybridized carbons (Fsp3) is 0.214. The number of thiophene rings is 1. The average molecular weight is 302 g/mol. The number of aromatic nitrogens is 2. The summed E-state index contributed by atoms with van der Waals surface area (Å²) in [6.07, 6.45) is 1.56. The summed E-state index contributed by atoms with van der Waals surface area (Å²) in [4.78, 5) is 13.5. The van der Waals surface area contributed by atoms with Crippen LogP contribution in [0.15, 0.2) is 28.8 Å². The third-order valence-corrected chi connectivity index (χ3v) is 4.27. The highest BCUT2D eigenvalue weighted by Crippen LogP contribution is 2.31. The molecule has 3 rings (SSSR count). The number of amides is 1. The van der Waals surface area contributed by atoms with Gasteiger partial charge in [0.1, 0.15) is 21.2 Å². The van der Waals surface area contributed by atoms with Gasteiger partial charge in [-0.1, -0.05) is 0 Å². The minimum atomic E-state index is -0.239. The van der Waals surface area contributed by atoms with Crippen molar-refractivity contribution in [1.29, 1.82) is 0 Å². The molecule has 0 aliphatic rings. The molecule has 0 saturated carbocycles. The number of carbonyl (C=O) groups is 1. The lowest BCUT2D eigenvalue weighted by atomic mass is 10.2. The SMILES string of the molecule is Cc1ccc(C(C)NC(=O)c2sc3nnccc3c2N)o1. The number of rotatable bonds is 3. The predicted molar refractivity (Wildman–Crippen MR) is 81.2 cm³/mol. The third-order valence-electron chi connectivity index (χ3n) is 3.16. The first kappa shape index (κ1) is 13.6. The van der Waals surface area contributed by atoms with Gasteiger partial charge in [-0.15, -0.1) is 16.4 Å². The van der Waals surface area contributed by atoms with Gasteiger partial charge in [0.05, 0.1) is 17.9 Å². The first-order valence-electron chi connectivity index (χ1n) is 6.43. The van der Waals surface area contributed by atoms with Crippen molar-refractivity contribution in [2.75, 3.05) is 5.73 Å². The van der Waals surface area contributed by atoms with Gasteiger partial charge in [-0.25, -0.2) is 0 Å². The van der Waals surface area contributed by atoms with Gasteiger partial charge in [0.2, 0.25) is 0 Å². The third kappa shape index (κ3) is 2.47. The Bertz CT molecular complexity index is 808. The van der Waals surface area contributed by atoms with E-state index in [1.54, 1.807) is 12.3 Å². The van der Waals surface area contributed by atoms with Crippen molar-refractivity contribution >= 4 is 33.1 Å². The van der Waals surface area contributed by atoms with Gasteiger partial charge >= 0.3 is 0 Å². The lowest BCUT2D eigenvalue weighted by Gasteiger charge is -2.10. The van der Waals surface area contributed by atoms with Gasteiger partial charge in [0, 0.05) is 5.39 Å². The van der Waals surface area contributed by atoms with E-state index in [4.69, 9.17) is 10.2 Å². The van der Waals surface area contributed by atoms with Crippen molar-refractivity contribution in [2.45, 2.75) is 19.9 Å². The second-order valence-electron chi connectivity index (χ2n) is 4.74. The largest absolute Gasteiger partial charge is 0.464 e. The van der Waals surface area contributed by atoms with Gasteiger partial charge in [-0.3, -0.25) is 4.79 Å². The number of hydrogen-bond acceptors (Lipinski definition) is 6. The van der Waals surface area contributed by atoms with Crippen molar-refractivity contribution in [3.05, 3.63) is 40.8 Å². The molecule has 1 amide bonds. The van der Waals surface area contributed by atoms with Gasteiger partial charge in [0.25, 0.3) is 5.91 Å². The van der Waals surface area contributed by atoms with Crippen LogP contribution in [0, 0.1) is 6.92 Å². The van der Waals surface area contributed by atoms with Crippen molar-refractivity contribution in [2.24, 2.45) is 0 Å². The molecule has 21 heavy (non-hydrogen) atoms. The second kappa shape index (κ2) is 5.17. The number of hydrogen-bond donors (Lipinski definition) is 2. The smallest absolute Gasteiger partial charge is 0.264 e.